The highest BCUT2D eigenvalue weighted by Gasteiger charge is 2.17. The summed E-state index contributed by atoms with van der Waals surface area (Å²) in [4.78, 5) is 0. The van der Waals surface area contributed by atoms with Gasteiger partial charge in [0.05, 0.1) is 0 Å². The van der Waals surface area contributed by atoms with E-state index in [2.05, 4.69) is 62.4 Å². The maximum absolute atomic E-state index is 6.29. The summed E-state index contributed by atoms with van der Waals surface area (Å²) in [6.07, 6.45) is 1.97. The van der Waals surface area contributed by atoms with E-state index >= 15 is 0 Å². The lowest BCUT2D eigenvalue weighted by atomic mass is 10.0. The van der Waals surface area contributed by atoms with Crippen molar-refractivity contribution in [3.05, 3.63) is 71.8 Å². The molecule has 0 aromatic heterocycles. The van der Waals surface area contributed by atoms with Crippen LogP contribution in [0.4, 0.5) is 0 Å². The maximum Gasteiger partial charge on any atom is 0.0256 e. The number of benzene rings is 2. The topological polar surface area (TPSA) is 29.3 Å². The molecule has 0 aliphatic rings. The van der Waals surface area contributed by atoms with Crippen LogP contribution in [-0.2, 0) is 12.8 Å². The van der Waals surface area contributed by atoms with Gasteiger partial charge in [-0.1, -0.05) is 60.7 Å². The van der Waals surface area contributed by atoms with Gasteiger partial charge in [-0.25, -0.2) is 5.01 Å². The van der Waals surface area contributed by atoms with Gasteiger partial charge < -0.3 is 0 Å². The second kappa shape index (κ2) is 7.22. The fourth-order valence-electron chi connectivity index (χ4n) is 2.56. The fraction of sp³-hybridized carbons (Fsp3) is 0.333. The molecule has 0 saturated heterocycles. The molecule has 0 heterocycles. The minimum absolute atomic E-state index is 0.330. The highest BCUT2D eigenvalue weighted by molar-refractivity contribution is 5.17. The zero-order chi connectivity index (χ0) is 14.4. The van der Waals surface area contributed by atoms with Crippen LogP contribution in [0.2, 0.25) is 0 Å². The molecule has 0 fully saturated rings. The molecule has 20 heavy (non-hydrogen) atoms. The first kappa shape index (κ1) is 14.8. The van der Waals surface area contributed by atoms with Crippen molar-refractivity contribution in [3.8, 4) is 0 Å². The van der Waals surface area contributed by atoms with Crippen LogP contribution in [0.3, 0.4) is 0 Å². The van der Waals surface area contributed by atoms with Gasteiger partial charge in [0.15, 0.2) is 0 Å². The normalized spacial score (nSPS) is 14.2. The molecule has 0 unspecified atom stereocenters. The Balaban J connectivity index is 1.91. The van der Waals surface area contributed by atoms with E-state index in [9.17, 15) is 0 Å². The highest BCUT2D eigenvalue weighted by atomic mass is 15.4. The molecule has 0 aliphatic carbocycles. The minimum atomic E-state index is 0.330. The summed E-state index contributed by atoms with van der Waals surface area (Å²) in [5.41, 5.74) is 2.67. The van der Waals surface area contributed by atoms with Crippen LogP contribution in [-0.4, -0.2) is 17.1 Å². The van der Waals surface area contributed by atoms with E-state index in [0.29, 0.717) is 12.1 Å². The number of hydrazine groups is 1. The van der Waals surface area contributed by atoms with Crippen LogP contribution in [0.1, 0.15) is 25.0 Å². The predicted octanol–water partition coefficient (Wildman–Crippen LogP) is 3.42. The highest BCUT2D eigenvalue weighted by Crippen LogP contribution is 2.12. The van der Waals surface area contributed by atoms with Crippen molar-refractivity contribution in [2.75, 3.05) is 0 Å². The molecule has 2 heteroatoms. The Kier molecular flexibility index (Phi) is 5.33. The molecular formula is C18H24N2. The van der Waals surface area contributed by atoms with Gasteiger partial charge in [0.1, 0.15) is 0 Å². The van der Waals surface area contributed by atoms with Crippen molar-refractivity contribution >= 4 is 0 Å². The second-order valence-electron chi connectivity index (χ2n) is 5.52. The van der Waals surface area contributed by atoms with Crippen molar-refractivity contribution in [2.45, 2.75) is 38.8 Å². The Morgan fingerprint density at radius 1 is 0.750 bits per heavy atom. The smallest absolute Gasteiger partial charge is 0.0256 e. The molecule has 0 aliphatic heterocycles. The van der Waals surface area contributed by atoms with Crippen molar-refractivity contribution < 1.29 is 0 Å². The molecule has 2 nitrogen and oxygen atoms in total. The molecule has 0 radical (unpaired) electrons. The van der Waals surface area contributed by atoms with E-state index in [4.69, 9.17) is 5.84 Å². The van der Waals surface area contributed by atoms with E-state index in [1.807, 2.05) is 17.1 Å². The monoisotopic (exact) mass is 268 g/mol. The number of hydrogen-bond donors (Lipinski definition) is 1. The van der Waals surface area contributed by atoms with E-state index < -0.39 is 0 Å². The van der Waals surface area contributed by atoms with E-state index in [1.165, 1.54) is 11.1 Å². The Morgan fingerprint density at radius 2 is 1.10 bits per heavy atom. The van der Waals surface area contributed by atoms with Gasteiger partial charge in [-0.05, 0) is 37.8 Å². The molecule has 2 rings (SSSR count). The number of hydrogen-bond acceptors (Lipinski definition) is 2. The Bertz CT molecular complexity index is 448. The third kappa shape index (κ3) is 4.19. The first-order valence-corrected chi connectivity index (χ1v) is 7.27. The van der Waals surface area contributed by atoms with Crippen molar-refractivity contribution in [1.29, 1.82) is 0 Å². The van der Waals surface area contributed by atoms with Crippen molar-refractivity contribution in [2.24, 2.45) is 5.84 Å². The standard InChI is InChI=1S/C18H24N2/c1-15(13-17-9-5-3-6-10-17)20(19)16(2)14-18-11-7-4-8-12-18/h3-12,15-16H,13-14,19H2,1-2H3/t15-,16+. The molecule has 0 spiro atoms. The van der Waals surface area contributed by atoms with Crippen molar-refractivity contribution in [1.82, 2.24) is 5.01 Å². The van der Waals surface area contributed by atoms with Gasteiger partial charge in [0.2, 0.25) is 0 Å². The molecule has 106 valence electrons. The third-order valence-corrected chi connectivity index (χ3v) is 3.77. The minimum Gasteiger partial charge on any atom is -0.268 e. The van der Waals surface area contributed by atoms with Gasteiger partial charge in [-0.2, -0.15) is 0 Å². The molecule has 2 N–H and O–H groups in total. The zero-order valence-electron chi connectivity index (χ0n) is 12.4. The molecule has 2 aromatic rings. The number of nitrogens with zero attached hydrogens (tertiary/aromatic N) is 1. The lowest BCUT2D eigenvalue weighted by Gasteiger charge is -2.30. The second-order valence-corrected chi connectivity index (χ2v) is 5.52. The Hall–Kier alpha value is -1.64. The van der Waals surface area contributed by atoms with Crippen LogP contribution in [0, 0.1) is 0 Å². The molecule has 2 aromatic carbocycles. The summed E-state index contributed by atoms with van der Waals surface area (Å²) in [7, 11) is 0. The van der Waals surface area contributed by atoms with Gasteiger partial charge in [-0.15, -0.1) is 0 Å². The van der Waals surface area contributed by atoms with Gasteiger partial charge in [0, 0.05) is 12.1 Å². The van der Waals surface area contributed by atoms with Crippen LogP contribution in [0.15, 0.2) is 60.7 Å². The average molecular weight is 268 g/mol. The van der Waals surface area contributed by atoms with Crippen LogP contribution in [0.25, 0.3) is 0 Å². The largest absolute Gasteiger partial charge is 0.268 e. The fourth-order valence-corrected chi connectivity index (χ4v) is 2.56. The van der Waals surface area contributed by atoms with E-state index in [-0.39, 0.29) is 0 Å². The molecule has 0 saturated carbocycles. The average Bonchev–Trinajstić information content (AvgIpc) is 2.48. The summed E-state index contributed by atoms with van der Waals surface area (Å²) in [5.74, 6) is 6.29. The summed E-state index contributed by atoms with van der Waals surface area (Å²) in [6, 6.07) is 21.7. The number of nitrogens with two attached hydrogens (primary N) is 1. The van der Waals surface area contributed by atoms with Crippen LogP contribution >= 0.6 is 0 Å². The van der Waals surface area contributed by atoms with E-state index in [0.717, 1.165) is 12.8 Å². The summed E-state index contributed by atoms with van der Waals surface area (Å²) < 4.78 is 0. The number of rotatable bonds is 6. The molecule has 0 amide bonds. The first-order chi connectivity index (χ1) is 9.66. The lowest BCUT2D eigenvalue weighted by Crippen LogP contribution is -2.47. The van der Waals surface area contributed by atoms with Crippen LogP contribution < -0.4 is 5.84 Å². The SMILES string of the molecule is C[C@H](Cc1ccccc1)N(N)[C@@H](C)Cc1ccccc1. The third-order valence-electron chi connectivity index (χ3n) is 3.77. The summed E-state index contributed by atoms with van der Waals surface area (Å²) in [6.45, 7) is 4.38. The van der Waals surface area contributed by atoms with Crippen LogP contribution in [0.5, 0.6) is 0 Å². The molecule has 2 atom stereocenters. The molecular weight excluding hydrogens is 244 g/mol. The Labute approximate surface area is 122 Å². The summed E-state index contributed by atoms with van der Waals surface area (Å²) >= 11 is 0. The summed E-state index contributed by atoms with van der Waals surface area (Å²) in [5, 5.41) is 1.99. The predicted molar refractivity (Wildman–Crippen MR) is 85.2 cm³/mol. The molecule has 0 bridgehead atoms. The van der Waals surface area contributed by atoms with Gasteiger partial charge in [-0.3, -0.25) is 5.84 Å². The van der Waals surface area contributed by atoms with Gasteiger partial charge >= 0.3 is 0 Å². The maximum atomic E-state index is 6.29. The van der Waals surface area contributed by atoms with Crippen molar-refractivity contribution in [3.63, 3.8) is 0 Å². The Morgan fingerprint density at radius 3 is 1.45 bits per heavy atom. The van der Waals surface area contributed by atoms with Gasteiger partial charge in [0.25, 0.3) is 0 Å². The van der Waals surface area contributed by atoms with E-state index in [1.54, 1.807) is 0 Å². The lowest BCUT2D eigenvalue weighted by molar-refractivity contribution is 0.154. The first-order valence-electron chi connectivity index (χ1n) is 7.27. The zero-order valence-corrected chi connectivity index (χ0v) is 12.4. The quantitative estimate of drug-likeness (QED) is 0.642.